The Balaban J connectivity index is 1.57. The number of carbonyl (C=O) groups is 1. The van der Waals surface area contributed by atoms with Crippen LogP contribution in [-0.2, 0) is 11.8 Å². The summed E-state index contributed by atoms with van der Waals surface area (Å²) in [6.45, 7) is 6.82. The van der Waals surface area contributed by atoms with E-state index in [4.69, 9.17) is 4.74 Å². The summed E-state index contributed by atoms with van der Waals surface area (Å²) in [5.41, 5.74) is 2.73. The molecule has 2 aromatic rings. The monoisotopic (exact) mass is 327 g/mol. The zero-order chi connectivity index (χ0) is 17.3. The van der Waals surface area contributed by atoms with E-state index in [0.29, 0.717) is 24.3 Å². The zero-order valence-corrected chi connectivity index (χ0v) is 14.2. The van der Waals surface area contributed by atoms with E-state index in [0.717, 1.165) is 5.56 Å². The third-order valence-corrected chi connectivity index (χ3v) is 4.27. The van der Waals surface area contributed by atoms with Gasteiger partial charge in [-0.25, -0.2) is 4.39 Å². The van der Waals surface area contributed by atoms with Gasteiger partial charge in [0.2, 0.25) is 0 Å². The van der Waals surface area contributed by atoms with Crippen LogP contribution >= 0.6 is 0 Å². The number of ether oxygens (including phenoxy) is 1. The van der Waals surface area contributed by atoms with Crippen molar-refractivity contribution in [1.29, 1.82) is 0 Å². The lowest BCUT2D eigenvalue weighted by molar-refractivity contribution is 0.0933. The lowest BCUT2D eigenvalue weighted by Gasteiger charge is -2.19. The Kier molecular flexibility index (Phi) is 4.31. The Morgan fingerprint density at radius 3 is 2.58 bits per heavy atom. The van der Waals surface area contributed by atoms with Crippen LogP contribution in [0.15, 0.2) is 42.5 Å². The molecule has 0 saturated heterocycles. The molecule has 1 amide bonds. The SMILES string of the molecule is CC(C)(C)c1ccc(C(=O)NC[C@H]2Cc3cc(F)ccc3O2)cc1. The highest BCUT2D eigenvalue weighted by molar-refractivity contribution is 5.94. The Morgan fingerprint density at radius 1 is 1.21 bits per heavy atom. The summed E-state index contributed by atoms with van der Waals surface area (Å²) in [5, 5.41) is 2.89. The highest BCUT2D eigenvalue weighted by Gasteiger charge is 2.24. The van der Waals surface area contributed by atoms with Gasteiger partial charge in [0.15, 0.2) is 0 Å². The van der Waals surface area contributed by atoms with Crippen LogP contribution in [0, 0.1) is 5.82 Å². The molecule has 3 nitrogen and oxygen atoms in total. The first kappa shape index (κ1) is 16.5. The summed E-state index contributed by atoms with van der Waals surface area (Å²) < 4.78 is 18.9. The average Bonchev–Trinajstić information content (AvgIpc) is 2.94. The third kappa shape index (κ3) is 3.58. The second-order valence-corrected chi connectivity index (χ2v) is 7.23. The van der Waals surface area contributed by atoms with Crippen LogP contribution in [0.4, 0.5) is 4.39 Å². The minimum absolute atomic E-state index is 0.0632. The van der Waals surface area contributed by atoms with E-state index in [1.165, 1.54) is 17.7 Å². The number of hydrogen-bond donors (Lipinski definition) is 1. The van der Waals surface area contributed by atoms with Crippen molar-refractivity contribution in [1.82, 2.24) is 5.32 Å². The van der Waals surface area contributed by atoms with Crippen molar-refractivity contribution in [3.8, 4) is 5.75 Å². The van der Waals surface area contributed by atoms with Gasteiger partial charge in [-0.15, -0.1) is 0 Å². The molecule has 24 heavy (non-hydrogen) atoms. The normalized spacial score (nSPS) is 16.4. The van der Waals surface area contributed by atoms with Crippen molar-refractivity contribution in [2.75, 3.05) is 6.54 Å². The molecule has 126 valence electrons. The fourth-order valence-corrected chi connectivity index (χ4v) is 2.83. The van der Waals surface area contributed by atoms with Crippen molar-refractivity contribution in [3.05, 3.63) is 65.0 Å². The Hall–Kier alpha value is -2.36. The second-order valence-electron chi connectivity index (χ2n) is 7.23. The van der Waals surface area contributed by atoms with Crippen molar-refractivity contribution in [3.63, 3.8) is 0 Å². The highest BCUT2D eigenvalue weighted by Crippen LogP contribution is 2.29. The van der Waals surface area contributed by atoms with Gasteiger partial charge in [-0.3, -0.25) is 4.79 Å². The van der Waals surface area contributed by atoms with Gasteiger partial charge in [0, 0.05) is 17.5 Å². The molecule has 0 saturated carbocycles. The number of amides is 1. The van der Waals surface area contributed by atoms with Gasteiger partial charge < -0.3 is 10.1 Å². The average molecular weight is 327 g/mol. The first-order valence-electron chi connectivity index (χ1n) is 8.17. The summed E-state index contributed by atoms with van der Waals surface area (Å²) in [6, 6.07) is 12.2. The fraction of sp³-hybridized carbons (Fsp3) is 0.350. The van der Waals surface area contributed by atoms with Crippen LogP contribution in [0.2, 0.25) is 0 Å². The lowest BCUT2D eigenvalue weighted by Crippen LogP contribution is -2.34. The number of fused-ring (bicyclic) bond motifs is 1. The topological polar surface area (TPSA) is 38.3 Å². The van der Waals surface area contributed by atoms with E-state index >= 15 is 0 Å². The van der Waals surface area contributed by atoms with E-state index in [-0.39, 0.29) is 23.2 Å². The molecule has 0 bridgehead atoms. The van der Waals surface area contributed by atoms with Crippen molar-refractivity contribution < 1.29 is 13.9 Å². The molecule has 0 unspecified atom stereocenters. The molecule has 0 aromatic heterocycles. The maximum atomic E-state index is 13.2. The first-order valence-corrected chi connectivity index (χ1v) is 8.17. The number of hydrogen-bond acceptors (Lipinski definition) is 2. The Labute approximate surface area is 141 Å². The minimum atomic E-state index is -0.263. The molecular formula is C20H22FNO2. The molecule has 1 aliphatic rings. The molecule has 0 spiro atoms. The van der Waals surface area contributed by atoms with Crippen molar-refractivity contribution in [2.24, 2.45) is 0 Å². The summed E-state index contributed by atoms with van der Waals surface area (Å²) in [5.74, 6) is 0.312. The highest BCUT2D eigenvalue weighted by atomic mass is 19.1. The largest absolute Gasteiger partial charge is 0.488 e. The number of benzene rings is 2. The summed E-state index contributed by atoms with van der Waals surface area (Å²) in [4.78, 5) is 12.3. The van der Waals surface area contributed by atoms with E-state index in [2.05, 4.69) is 26.1 Å². The van der Waals surface area contributed by atoms with Gasteiger partial charge >= 0.3 is 0 Å². The van der Waals surface area contributed by atoms with Gasteiger partial charge in [-0.1, -0.05) is 32.9 Å². The van der Waals surface area contributed by atoms with E-state index in [1.54, 1.807) is 6.07 Å². The fourth-order valence-electron chi connectivity index (χ4n) is 2.83. The summed E-state index contributed by atoms with van der Waals surface area (Å²) in [6.07, 6.45) is 0.454. The number of halogens is 1. The third-order valence-electron chi connectivity index (χ3n) is 4.27. The smallest absolute Gasteiger partial charge is 0.251 e. The predicted octanol–water partition coefficient (Wildman–Crippen LogP) is 3.86. The number of nitrogens with one attached hydrogen (secondary N) is 1. The summed E-state index contributed by atoms with van der Waals surface area (Å²) >= 11 is 0. The van der Waals surface area contributed by atoms with E-state index in [1.807, 2.05) is 24.3 Å². The van der Waals surface area contributed by atoms with Crippen LogP contribution in [0.1, 0.15) is 42.3 Å². The van der Waals surface area contributed by atoms with Crippen LogP contribution in [0.25, 0.3) is 0 Å². The molecular weight excluding hydrogens is 305 g/mol. The van der Waals surface area contributed by atoms with Crippen LogP contribution in [0.5, 0.6) is 5.75 Å². The minimum Gasteiger partial charge on any atom is -0.488 e. The maximum absolute atomic E-state index is 13.2. The van der Waals surface area contributed by atoms with Gasteiger partial charge in [-0.05, 0) is 41.3 Å². The molecule has 2 aromatic carbocycles. The zero-order valence-electron chi connectivity index (χ0n) is 14.2. The molecule has 4 heteroatoms. The van der Waals surface area contributed by atoms with Gasteiger partial charge in [0.05, 0.1) is 6.54 Å². The molecule has 0 fully saturated rings. The Bertz CT molecular complexity index is 747. The van der Waals surface area contributed by atoms with Gasteiger partial charge in [-0.2, -0.15) is 0 Å². The molecule has 1 atom stereocenters. The van der Waals surface area contributed by atoms with Gasteiger partial charge in [0.1, 0.15) is 17.7 Å². The second kappa shape index (κ2) is 6.27. The molecule has 1 N–H and O–H groups in total. The molecule has 0 radical (unpaired) electrons. The van der Waals surface area contributed by atoms with Crippen molar-refractivity contribution >= 4 is 5.91 Å². The Morgan fingerprint density at radius 2 is 1.92 bits per heavy atom. The van der Waals surface area contributed by atoms with E-state index in [9.17, 15) is 9.18 Å². The molecule has 1 heterocycles. The summed E-state index contributed by atoms with van der Waals surface area (Å²) in [7, 11) is 0. The number of rotatable bonds is 3. The van der Waals surface area contributed by atoms with Crippen LogP contribution < -0.4 is 10.1 Å². The van der Waals surface area contributed by atoms with Crippen molar-refractivity contribution in [2.45, 2.75) is 38.7 Å². The maximum Gasteiger partial charge on any atom is 0.251 e. The molecule has 3 rings (SSSR count). The van der Waals surface area contributed by atoms with Crippen LogP contribution in [-0.4, -0.2) is 18.6 Å². The molecule has 0 aliphatic carbocycles. The molecule has 1 aliphatic heterocycles. The van der Waals surface area contributed by atoms with Gasteiger partial charge in [0.25, 0.3) is 5.91 Å². The lowest BCUT2D eigenvalue weighted by atomic mass is 9.87. The predicted molar refractivity (Wildman–Crippen MR) is 92.0 cm³/mol. The number of carbonyl (C=O) groups excluding carboxylic acids is 1. The first-order chi connectivity index (χ1) is 11.3. The van der Waals surface area contributed by atoms with Crippen LogP contribution in [0.3, 0.4) is 0 Å². The quantitative estimate of drug-likeness (QED) is 0.930. The standard InChI is InChI=1S/C20H22FNO2/c1-20(2,3)15-6-4-13(5-7-15)19(23)22-12-17-11-14-10-16(21)8-9-18(14)24-17/h4-10,17H,11-12H2,1-3H3,(H,22,23)/t17-/m1/s1. The van der Waals surface area contributed by atoms with E-state index < -0.39 is 0 Å².